The average Bonchev–Trinajstić information content (AvgIpc) is 3.16. The van der Waals surface area contributed by atoms with Gasteiger partial charge in [0.15, 0.2) is 6.61 Å². The van der Waals surface area contributed by atoms with Crippen LogP contribution >= 0.6 is 0 Å². The molecule has 4 aromatic rings. The standard InChI is InChI=1S/C40H48N4O8/c1-26(41-23-34(46)31-13-15-33(45)39-32(31)14-16-36(47)42-39)8-5-6-21-50-37(48)25-51-30-12-7-11-29(22-30)38(28-9-3-2-4-10-28)43-40(49)52-35-24-44-19-17-27(35)18-20-44/h2-4,7,9-16,22,26-27,34-35,38,41,45-46H,5-6,8,17-21,23-25H2,1H3,(H,42,47)(H,43,49). The lowest BCUT2D eigenvalue weighted by atomic mass is 9.86. The molecule has 52 heavy (non-hydrogen) atoms. The first-order valence-corrected chi connectivity index (χ1v) is 18.1. The summed E-state index contributed by atoms with van der Waals surface area (Å²) in [7, 11) is 0. The van der Waals surface area contributed by atoms with E-state index in [1.807, 2.05) is 55.5 Å². The molecule has 4 unspecified atom stereocenters. The smallest absolute Gasteiger partial charge is 0.408 e. The van der Waals surface area contributed by atoms with Crippen LogP contribution in [0.15, 0.2) is 83.7 Å². The maximum atomic E-state index is 13.1. The number of aliphatic hydroxyl groups excluding tert-OH is 1. The number of fused-ring (bicyclic) bond motifs is 4. The SMILES string of the molecule is CC(CCCCOC(=O)COc1cccc(C(NC(=O)OC2CN3CCC2CC3)c2ccccc2)c1)NCC(O)c1ccc(O)c2[nH]c(=O)ccc12. The topological polar surface area (TPSA) is 162 Å². The van der Waals surface area contributed by atoms with E-state index in [9.17, 15) is 24.6 Å². The van der Waals surface area contributed by atoms with Gasteiger partial charge in [0.05, 0.1) is 24.3 Å². The van der Waals surface area contributed by atoms with Crippen molar-refractivity contribution in [2.24, 2.45) is 5.92 Å². The maximum absolute atomic E-state index is 13.1. The molecule has 0 saturated carbocycles. The first-order chi connectivity index (χ1) is 25.2. The van der Waals surface area contributed by atoms with E-state index in [0.717, 1.165) is 56.4 Å². The van der Waals surface area contributed by atoms with E-state index in [2.05, 4.69) is 20.5 Å². The third-order valence-corrected chi connectivity index (χ3v) is 10.0. The van der Waals surface area contributed by atoms with Gasteiger partial charge in [-0.05, 0) is 99.0 Å². The summed E-state index contributed by atoms with van der Waals surface area (Å²) in [6.07, 6.45) is 3.00. The third-order valence-electron chi connectivity index (χ3n) is 10.0. The summed E-state index contributed by atoms with van der Waals surface area (Å²) in [5.74, 6) is 0.370. The minimum absolute atomic E-state index is 0.0500. The third kappa shape index (κ3) is 9.69. The molecule has 3 fully saturated rings. The van der Waals surface area contributed by atoms with E-state index in [1.165, 1.54) is 12.1 Å². The van der Waals surface area contributed by atoms with Gasteiger partial charge in [0.1, 0.15) is 17.6 Å². The molecule has 3 saturated heterocycles. The molecule has 0 spiro atoms. The Kier molecular flexibility index (Phi) is 12.4. The van der Waals surface area contributed by atoms with Crippen LogP contribution in [0.3, 0.4) is 0 Å². The largest absolute Gasteiger partial charge is 0.506 e. The van der Waals surface area contributed by atoms with Crippen LogP contribution in [0.5, 0.6) is 11.5 Å². The maximum Gasteiger partial charge on any atom is 0.408 e. The van der Waals surface area contributed by atoms with Gasteiger partial charge < -0.3 is 40.0 Å². The second kappa shape index (κ2) is 17.5. The molecular formula is C40H48N4O8. The molecule has 4 heterocycles. The monoisotopic (exact) mass is 712 g/mol. The number of phenolic OH excluding ortho intramolecular Hbond substituents is 1. The van der Waals surface area contributed by atoms with Gasteiger partial charge in [-0.25, -0.2) is 9.59 Å². The van der Waals surface area contributed by atoms with Crippen LogP contribution in [0.2, 0.25) is 0 Å². The fourth-order valence-electron chi connectivity index (χ4n) is 7.12. The lowest BCUT2D eigenvalue weighted by Gasteiger charge is -2.43. The Morgan fingerprint density at radius 2 is 1.77 bits per heavy atom. The molecule has 12 heteroatoms. The number of carbonyl (C=O) groups excluding carboxylic acids is 2. The normalized spacial score (nSPS) is 19.8. The number of hydrogen-bond donors (Lipinski definition) is 5. The number of esters is 1. The molecule has 5 N–H and O–H groups in total. The number of aliphatic hydroxyl groups is 1. The van der Waals surface area contributed by atoms with E-state index in [1.54, 1.807) is 18.2 Å². The number of phenols is 1. The second-order valence-corrected chi connectivity index (χ2v) is 13.8. The van der Waals surface area contributed by atoms with E-state index in [0.29, 0.717) is 41.1 Å². The zero-order chi connectivity index (χ0) is 36.5. The van der Waals surface area contributed by atoms with Crippen LogP contribution in [0.1, 0.15) is 67.9 Å². The Balaban J connectivity index is 0.918. The summed E-state index contributed by atoms with van der Waals surface area (Å²) >= 11 is 0. The Labute approximate surface area is 303 Å². The van der Waals surface area contributed by atoms with Crippen molar-refractivity contribution >= 4 is 23.0 Å². The molecule has 2 bridgehead atoms. The molecule has 3 aliphatic heterocycles. The summed E-state index contributed by atoms with van der Waals surface area (Å²) in [5, 5.41) is 27.9. The van der Waals surface area contributed by atoms with Crippen molar-refractivity contribution in [3.05, 3.63) is 106 Å². The van der Waals surface area contributed by atoms with Gasteiger partial charge in [-0.1, -0.05) is 48.5 Å². The minimum atomic E-state index is -0.838. The van der Waals surface area contributed by atoms with Gasteiger partial charge in [-0.15, -0.1) is 0 Å². The van der Waals surface area contributed by atoms with E-state index in [4.69, 9.17) is 14.2 Å². The Morgan fingerprint density at radius 3 is 2.54 bits per heavy atom. The summed E-state index contributed by atoms with van der Waals surface area (Å²) in [4.78, 5) is 42.3. The highest BCUT2D eigenvalue weighted by atomic mass is 16.6. The number of ether oxygens (including phenoxy) is 3. The number of H-pyrrole nitrogens is 1. The Bertz CT molecular complexity index is 1860. The van der Waals surface area contributed by atoms with E-state index < -0.39 is 24.2 Å². The number of nitrogens with zero attached hydrogens (tertiary/aromatic N) is 1. The molecule has 12 nitrogen and oxygen atoms in total. The fraction of sp³-hybridized carbons (Fsp3) is 0.425. The Morgan fingerprint density at radius 1 is 0.981 bits per heavy atom. The Hall–Kier alpha value is -4.91. The van der Waals surface area contributed by atoms with Crippen LogP contribution in [-0.4, -0.2) is 83.7 Å². The lowest BCUT2D eigenvalue weighted by Crippen LogP contribution is -2.52. The molecule has 0 radical (unpaired) electrons. The van der Waals surface area contributed by atoms with Gasteiger partial charge >= 0.3 is 12.1 Å². The number of rotatable bonds is 16. The van der Waals surface area contributed by atoms with E-state index in [-0.39, 0.29) is 36.7 Å². The number of benzene rings is 3. The number of aromatic nitrogens is 1. The molecule has 3 aliphatic rings. The number of hydrogen-bond acceptors (Lipinski definition) is 10. The van der Waals surface area contributed by atoms with Gasteiger partial charge in [0.2, 0.25) is 5.56 Å². The van der Waals surface area contributed by atoms with Crippen LogP contribution in [0.25, 0.3) is 10.9 Å². The fourth-order valence-corrected chi connectivity index (χ4v) is 7.12. The number of aromatic amines is 1. The van der Waals surface area contributed by atoms with Gasteiger partial charge in [0, 0.05) is 30.6 Å². The number of nitrogens with one attached hydrogen (secondary N) is 3. The second-order valence-electron chi connectivity index (χ2n) is 13.8. The van der Waals surface area contributed by atoms with Gasteiger partial charge in [0.25, 0.3) is 0 Å². The summed E-state index contributed by atoms with van der Waals surface area (Å²) in [6.45, 7) is 5.24. The number of amides is 1. The van der Waals surface area contributed by atoms with E-state index >= 15 is 0 Å². The van der Waals surface area contributed by atoms with Crippen LogP contribution in [0.4, 0.5) is 4.79 Å². The first kappa shape index (κ1) is 36.9. The van der Waals surface area contributed by atoms with Crippen molar-refractivity contribution in [2.75, 3.05) is 39.4 Å². The molecule has 4 atom stereocenters. The molecule has 7 rings (SSSR count). The number of piperidine rings is 3. The average molecular weight is 713 g/mol. The number of carbonyl (C=O) groups is 2. The highest BCUT2D eigenvalue weighted by molar-refractivity contribution is 5.87. The van der Waals surface area contributed by atoms with Gasteiger partial charge in [-0.2, -0.15) is 0 Å². The first-order valence-electron chi connectivity index (χ1n) is 18.1. The number of aromatic hydroxyl groups is 1. The van der Waals surface area contributed by atoms with Crippen molar-refractivity contribution in [1.82, 2.24) is 20.5 Å². The number of alkyl carbamates (subject to hydrolysis) is 1. The highest BCUT2D eigenvalue weighted by Crippen LogP contribution is 2.31. The van der Waals surface area contributed by atoms with Crippen molar-refractivity contribution in [1.29, 1.82) is 0 Å². The van der Waals surface area contributed by atoms with Crippen LogP contribution in [-0.2, 0) is 14.3 Å². The summed E-state index contributed by atoms with van der Waals surface area (Å²) in [5.41, 5.74) is 2.27. The molecule has 1 amide bonds. The predicted molar refractivity (Wildman–Crippen MR) is 196 cm³/mol. The van der Waals surface area contributed by atoms with Gasteiger partial charge in [-0.3, -0.25) is 9.69 Å². The number of unbranched alkanes of at least 4 members (excludes halogenated alkanes) is 1. The lowest BCUT2D eigenvalue weighted by molar-refractivity contribution is -0.146. The minimum Gasteiger partial charge on any atom is -0.506 e. The summed E-state index contributed by atoms with van der Waals surface area (Å²) in [6, 6.07) is 22.7. The summed E-state index contributed by atoms with van der Waals surface area (Å²) < 4.78 is 17.1. The molecule has 3 aromatic carbocycles. The highest BCUT2D eigenvalue weighted by Gasteiger charge is 2.37. The zero-order valence-corrected chi connectivity index (χ0v) is 29.5. The zero-order valence-electron chi connectivity index (χ0n) is 29.5. The predicted octanol–water partition coefficient (Wildman–Crippen LogP) is 4.95. The van der Waals surface area contributed by atoms with Crippen LogP contribution in [0, 0.1) is 5.92 Å². The molecular weight excluding hydrogens is 664 g/mol. The molecule has 0 aliphatic carbocycles. The molecule has 1 aromatic heterocycles. The quantitative estimate of drug-likeness (QED) is 0.0794. The molecule has 276 valence electrons. The van der Waals surface area contributed by atoms with Crippen molar-refractivity contribution in [3.8, 4) is 11.5 Å². The van der Waals surface area contributed by atoms with Crippen LogP contribution < -0.4 is 20.9 Å². The van der Waals surface area contributed by atoms with Crippen molar-refractivity contribution in [3.63, 3.8) is 0 Å². The van der Waals surface area contributed by atoms with Crippen molar-refractivity contribution in [2.45, 2.75) is 63.3 Å². The number of pyridine rings is 1. The van der Waals surface area contributed by atoms with Crippen molar-refractivity contribution < 1.29 is 34.0 Å².